The maximum absolute atomic E-state index is 13.3. The number of amides is 1. The smallest absolute Gasteiger partial charge is 0.267 e. The molecule has 0 radical (unpaired) electrons. The number of ether oxygens (including phenoxy) is 2. The Morgan fingerprint density at radius 3 is 2.29 bits per heavy atom. The molecule has 0 saturated carbocycles. The van der Waals surface area contributed by atoms with Gasteiger partial charge in [-0.25, -0.2) is 4.98 Å². The standard InChI is InChI=1S/C29H23Cl2N3O3S/c1-15-4-6-16(7-5-15)22-14-19(17-8-11-23(36-2)24(12-17)37-3)25-26(32)27(38-29(25)34-22)28(35)33-18-9-10-20(30)21(31)13-18/h4-14H,32H2,1-3H3,(H,33,35). The van der Waals surface area contributed by atoms with Crippen LogP contribution in [0, 0.1) is 6.92 Å². The number of thiophene rings is 1. The number of hydrogen-bond acceptors (Lipinski definition) is 6. The fraction of sp³-hybridized carbons (Fsp3) is 0.103. The van der Waals surface area contributed by atoms with Gasteiger partial charge in [0.05, 0.1) is 35.6 Å². The fourth-order valence-electron chi connectivity index (χ4n) is 4.16. The second-order valence-electron chi connectivity index (χ2n) is 8.60. The zero-order chi connectivity index (χ0) is 27.0. The molecular formula is C29H23Cl2N3O3S. The maximum atomic E-state index is 13.3. The van der Waals surface area contributed by atoms with E-state index in [9.17, 15) is 4.79 Å². The lowest BCUT2D eigenvalue weighted by molar-refractivity contribution is 0.103. The minimum atomic E-state index is -0.362. The van der Waals surface area contributed by atoms with Gasteiger partial charge in [0.15, 0.2) is 11.5 Å². The normalized spacial score (nSPS) is 11.0. The molecule has 192 valence electrons. The van der Waals surface area contributed by atoms with Crippen molar-refractivity contribution in [1.29, 1.82) is 0 Å². The predicted octanol–water partition coefficient (Wildman–Crippen LogP) is 8.10. The Balaban J connectivity index is 1.68. The Morgan fingerprint density at radius 1 is 0.895 bits per heavy atom. The summed E-state index contributed by atoms with van der Waals surface area (Å²) in [5.74, 6) is 0.831. The first-order valence-corrected chi connectivity index (χ1v) is 13.1. The molecule has 2 heterocycles. The lowest BCUT2D eigenvalue weighted by atomic mass is 9.98. The number of pyridine rings is 1. The van der Waals surface area contributed by atoms with E-state index in [1.54, 1.807) is 32.4 Å². The molecule has 0 bridgehead atoms. The number of hydrogen-bond donors (Lipinski definition) is 2. The first kappa shape index (κ1) is 25.9. The molecule has 1 amide bonds. The largest absolute Gasteiger partial charge is 0.493 e. The number of nitrogens with two attached hydrogens (primary N) is 1. The molecule has 6 nitrogen and oxygen atoms in total. The number of methoxy groups -OCH3 is 2. The van der Waals surface area contributed by atoms with Crippen molar-refractivity contribution in [2.45, 2.75) is 6.92 Å². The summed E-state index contributed by atoms with van der Waals surface area (Å²) in [5.41, 5.74) is 12.0. The molecule has 0 unspecified atom stereocenters. The van der Waals surface area contributed by atoms with Crippen LogP contribution in [-0.4, -0.2) is 25.1 Å². The van der Waals surface area contributed by atoms with Crippen LogP contribution in [0.2, 0.25) is 10.0 Å². The molecule has 3 N–H and O–H groups in total. The molecule has 0 fully saturated rings. The van der Waals surface area contributed by atoms with Crippen LogP contribution in [0.4, 0.5) is 11.4 Å². The summed E-state index contributed by atoms with van der Waals surface area (Å²) in [4.78, 5) is 19.2. The van der Waals surface area contributed by atoms with Gasteiger partial charge in [0.2, 0.25) is 0 Å². The van der Waals surface area contributed by atoms with Crippen LogP contribution in [0.1, 0.15) is 15.2 Å². The second-order valence-corrected chi connectivity index (χ2v) is 10.4. The zero-order valence-corrected chi connectivity index (χ0v) is 23.1. The van der Waals surface area contributed by atoms with Gasteiger partial charge in [-0.15, -0.1) is 11.3 Å². The van der Waals surface area contributed by atoms with Crippen molar-refractivity contribution in [3.8, 4) is 33.9 Å². The number of carbonyl (C=O) groups is 1. The topological polar surface area (TPSA) is 86.5 Å². The first-order chi connectivity index (χ1) is 18.3. The average Bonchev–Trinajstić information content (AvgIpc) is 3.26. The first-order valence-electron chi connectivity index (χ1n) is 11.6. The van der Waals surface area contributed by atoms with Crippen molar-refractivity contribution in [3.63, 3.8) is 0 Å². The molecule has 38 heavy (non-hydrogen) atoms. The number of aromatic nitrogens is 1. The summed E-state index contributed by atoms with van der Waals surface area (Å²) in [7, 11) is 3.18. The van der Waals surface area contributed by atoms with Crippen molar-refractivity contribution < 1.29 is 14.3 Å². The van der Waals surface area contributed by atoms with E-state index in [2.05, 4.69) is 5.32 Å². The van der Waals surface area contributed by atoms with Crippen LogP contribution in [0.25, 0.3) is 32.6 Å². The van der Waals surface area contributed by atoms with Crippen molar-refractivity contribution >= 4 is 62.0 Å². The summed E-state index contributed by atoms with van der Waals surface area (Å²) in [5, 5.41) is 4.29. The van der Waals surface area contributed by atoms with Gasteiger partial charge in [-0.2, -0.15) is 0 Å². The van der Waals surface area contributed by atoms with Gasteiger partial charge in [0, 0.05) is 16.6 Å². The molecule has 0 aliphatic carbocycles. The molecule has 0 aliphatic heterocycles. The number of rotatable bonds is 6. The molecule has 0 spiro atoms. The average molecular weight is 564 g/mol. The number of fused-ring (bicyclic) bond motifs is 1. The van der Waals surface area contributed by atoms with Crippen LogP contribution in [-0.2, 0) is 0 Å². The number of benzene rings is 3. The van der Waals surface area contributed by atoms with Crippen molar-refractivity contribution in [2.75, 3.05) is 25.3 Å². The molecule has 5 aromatic rings. The Hall–Kier alpha value is -3.78. The second kappa shape index (κ2) is 10.5. The minimum Gasteiger partial charge on any atom is -0.493 e. The molecule has 3 aromatic carbocycles. The molecule has 0 saturated heterocycles. The summed E-state index contributed by atoms with van der Waals surface area (Å²) in [6, 6.07) is 20.7. The lowest BCUT2D eigenvalue weighted by Crippen LogP contribution is -2.11. The van der Waals surface area contributed by atoms with Crippen LogP contribution in [0.5, 0.6) is 11.5 Å². The Labute approximate surface area is 233 Å². The Morgan fingerprint density at radius 2 is 1.61 bits per heavy atom. The van der Waals surface area contributed by atoms with Gasteiger partial charge in [-0.3, -0.25) is 4.79 Å². The highest BCUT2D eigenvalue weighted by molar-refractivity contribution is 7.21. The fourth-order valence-corrected chi connectivity index (χ4v) is 5.47. The van der Waals surface area contributed by atoms with Gasteiger partial charge in [-0.05, 0) is 54.4 Å². The molecule has 2 aromatic heterocycles. The molecule has 9 heteroatoms. The summed E-state index contributed by atoms with van der Waals surface area (Å²) in [6.07, 6.45) is 0. The number of halogens is 2. The van der Waals surface area contributed by atoms with Gasteiger partial charge >= 0.3 is 0 Å². The van der Waals surface area contributed by atoms with Gasteiger partial charge < -0.3 is 20.5 Å². The SMILES string of the molecule is COc1ccc(-c2cc(-c3ccc(C)cc3)nc3sc(C(=O)Nc4ccc(Cl)c(Cl)c4)c(N)c23)cc1OC. The van der Waals surface area contributed by atoms with E-state index < -0.39 is 0 Å². The number of aryl methyl sites for hydroxylation is 1. The number of nitrogens with zero attached hydrogens (tertiary/aromatic N) is 1. The van der Waals surface area contributed by atoms with Crippen molar-refractivity contribution in [3.05, 3.63) is 87.2 Å². The number of nitrogen functional groups attached to an aromatic ring is 1. The van der Waals surface area contributed by atoms with Crippen LogP contribution < -0.4 is 20.5 Å². The highest BCUT2D eigenvalue weighted by atomic mass is 35.5. The summed E-state index contributed by atoms with van der Waals surface area (Å²) in [6.45, 7) is 2.04. The molecule has 5 rings (SSSR count). The van der Waals surface area contributed by atoms with Crippen LogP contribution in [0.3, 0.4) is 0 Å². The van der Waals surface area contributed by atoms with E-state index in [1.165, 1.54) is 11.3 Å². The highest BCUT2D eigenvalue weighted by Crippen LogP contribution is 2.43. The van der Waals surface area contributed by atoms with Crippen LogP contribution in [0.15, 0.2) is 66.7 Å². The molecule has 0 aliphatic rings. The number of anilines is 2. The van der Waals surface area contributed by atoms with Gasteiger partial charge in [-0.1, -0.05) is 59.1 Å². The number of carbonyl (C=O) groups excluding carboxylic acids is 1. The number of nitrogens with one attached hydrogen (secondary N) is 1. The third kappa shape index (κ3) is 4.88. The predicted molar refractivity (Wildman–Crippen MR) is 157 cm³/mol. The molecule has 0 atom stereocenters. The van der Waals surface area contributed by atoms with E-state index in [1.807, 2.05) is 55.5 Å². The quantitative estimate of drug-likeness (QED) is 0.218. The summed E-state index contributed by atoms with van der Waals surface area (Å²) >= 11 is 13.4. The van der Waals surface area contributed by atoms with E-state index in [0.29, 0.717) is 48.0 Å². The Kier molecular flexibility index (Phi) is 7.17. The lowest BCUT2D eigenvalue weighted by Gasteiger charge is -2.12. The van der Waals surface area contributed by atoms with E-state index in [4.69, 9.17) is 43.4 Å². The molecular weight excluding hydrogens is 541 g/mol. The highest BCUT2D eigenvalue weighted by Gasteiger charge is 2.22. The summed E-state index contributed by atoms with van der Waals surface area (Å²) < 4.78 is 11.0. The monoisotopic (exact) mass is 563 g/mol. The van der Waals surface area contributed by atoms with E-state index in [0.717, 1.165) is 27.9 Å². The third-order valence-electron chi connectivity index (χ3n) is 6.12. The minimum absolute atomic E-state index is 0.342. The van der Waals surface area contributed by atoms with Gasteiger partial charge in [0.1, 0.15) is 9.71 Å². The van der Waals surface area contributed by atoms with Crippen molar-refractivity contribution in [2.24, 2.45) is 0 Å². The Bertz CT molecular complexity index is 1680. The zero-order valence-electron chi connectivity index (χ0n) is 20.8. The maximum Gasteiger partial charge on any atom is 0.267 e. The van der Waals surface area contributed by atoms with Crippen LogP contribution >= 0.6 is 34.5 Å². The van der Waals surface area contributed by atoms with E-state index in [-0.39, 0.29) is 5.91 Å². The van der Waals surface area contributed by atoms with Gasteiger partial charge in [0.25, 0.3) is 5.91 Å². The van der Waals surface area contributed by atoms with Crippen molar-refractivity contribution in [1.82, 2.24) is 4.98 Å². The van der Waals surface area contributed by atoms with E-state index >= 15 is 0 Å². The third-order valence-corrected chi connectivity index (χ3v) is 7.96.